The maximum atomic E-state index is 13.2. The van der Waals surface area contributed by atoms with Crippen LogP contribution < -0.4 is 19.1 Å². The van der Waals surface area contributed by atoms with Gasteiger partial charge in [0.2, 0.25) is 0 Å². The highest BCUT2D eigenvalue weighted by Crippen LogP contribution is 2.45. The van der Waals surface area contributed by atoms with Crippen LogP contribution in [-0.4, -0.2) is 38.1 Å². The van der Waals surface area contributed by atoms with Crippen LogP contribution in [0.5, 0.6) is 17.2 Å². The number of aliphatic hydroxyl groups is 1. The fourth-order valence-electron chi connectivity index (χ4n) is 3.70. The van der Waals surface area contributed by atoms with E-state index in [1.807, 2.05) is 17.5 Å². The SMILES string of the molecule is COc1ccc(N2C(=O)C(=O)/C(=C(\O)c3cc(OC)ccc3OC)C2c2cccs2)cc1. The quantitative estimate of drug-likeness (QED) is 0.340. The minimum absolute atomic E-state index is 0.0141. The molecule has 0 bridgehead atoms. The number of amides is 1. The van der Waals surface area contributed by atoms with E-state index in [9.17, 15) is 14.7 Å². The summed E-state index contributed by atoms with van der Waals surface area (Å²) in [5.41, 5.74) is 0.768. The molecule has 164 valence electrons. The highest BCUT2D eigenvalue weighted by Gasteiger charge is 2.47. The number of anilines is 1. The van der Waals surface area contributed by atoms with E-state index in [0.717, 1.165) is 4.88 Å². The molecular formula is C24H21NO6S. The maximum absolute atomic E-state index is 13.2. The van der Waals surface area contributed by atoms with Crippen LogP contribution >= 0.6 is 11.3 Å². The van der Waals surface area contributed by atoms with E-state index in [1.54, 1.807) is 49.6 Å². The van der Waals surface area contributed by atoms with E-state index in [0.29, 0.717) is 22.9 Å². The lowest BCUT2D eigenvalue weighted by Gasteiger charge is -2.24. The average molecular weight is 452 g/mol. The second kappa shape index (κ2) is 8.76. The number of carbonyl (C=O) groups excluding carboxylic acids is 2. The molecule has 7 nitrogen and oxygen atoms in total. The van der Waals surface area contributed by atoms with Gasteiger partial charge in [-0.15, -0.1) is 11.3 Å². The van der Waals surface area contributed by atoms with Crippen molar-refractivity contribution in [3.8, 4) is 17.2 Å². The Balaban J connectivity index is 1.93. The van der Waals surface area contributed by atoms with Crippen LogP contribution in [0.2, 0.25) is 0 Å². The molecule has 2 heterocycles. The first-order valence-corrected chi connectivity index (χ1v) is 10.6. The highest BCUT2D eigenvalue weighted by molar-refractivity contribution is 7.10. The molecule has 8 heteroatoms. The monoisotopic (exact) mass is 451 g/mol. The van der Waals surface area contributed by atoms with Crippen molar-refractivity contribution in [2.75, 3.05) is 26.2 Å². The molecule has 3 aromatic rings. The number of hydrogen-bond donors (Lipinski definition) is 1. The van der Waals surface area contributed by atoms with Gasteiger partial charge in [-0.25, -0.2) is 0 Å². The summed E-state index contributed by atoms with van der Waals surface area (Å²) in [6.07, 6.45) is 0. The smallest absolute Gasteiger partial charge is 0.300 e. The number of ether oxygens (including phenoxy) is 3. The second-order valence-electron chi connectivity index (χ2n) is 6.95. The third-order valence-corrected chi connectivity index (χ3v) is 6.19. The largest absolute Gasteiger partial charge is 0.507 e. The Bertz CT molecular complexity index is 1180. The molecule has 1 aromatic heterocycles. The molecule has 1 unspecified atom stereocenters. The van der Waals surface area contributed by atoms with Crippen molar-refractivity contribution in [2.45, 2.75) is 6.04 Å². The number of benzene rings is 2. The molecule has 4 rings (SSSR count). The minimum Gasteiger partial charge on any atom is -0.507 e. The van der Waals surface area contributed by atoms with Gasteiger partial charge in [0.15, 0.2) is 0 Å². The first-order valence-electron chi connectivity index (χ1n) is 9.71. The van der Waals surface area contributed by atoms with Crippen molar-refractivity contribution in [3.63, 3.8) is 0 Å². The number of methoxy groups -OCH3 is 3. The van der Waals surface area contributed by atoms with E-state index in [2.05, 4.69) is 0 Å². The zero-order valence-corrected chi connectivity index (χ0v) is 18.5. The number of rotatable bonds is 6. The minimum atomic E-state index is -0.792. The van der Waals surface area contributed by atoms with E-state index >= 15 is 0 Å². The fourth-order valence-corrected chi connectivity index (χ4v) is 4.53. The summed E-state index contributed by atoms with van der Waals surface area (Å²) < 4.78 is 15.8. The predicted octanol–water partition coefficient (Wildman–Crippen LogP) is 4.40. The van der Waals surface area contributed by atoms with Crippen molar-refractivity contribution < 1.29 is 28.9 Å². The molecule has 0 aliphatic carbocycles. The Hall–Kier alpha value is -3.78. The van der Waals surface area contributed by atoms with Crippen molar-refractivity contribution in [2.24, 2.45) is 0 Å². The summed E-state index contributed by atoms with van der Waals surface area (Å²) in [4.78, 5) is 28.5. The molecule has 0 spiro atoms. The van der Waals surface area contributed by atoms with Crippen molar-refractivity contribution in [3.05, 3.63) is 76.0 Å². The van der Waals surface area contributed by atoms with Gasteiger partial charge in [0.1, 0.15) is 29.0 Å². The Morgan fingerprint density at radius 1 is 0.938 bits per heavy atom. The lowest BCUT2D eigenvalue weighted by molar-refractivity contribution is -0.132. The zero-order chi connectivity index (χ0) is 22.8. The molecule has 1 amide bonds. The van der Waals surface area contributed by atoms with Crippen LogP contribution in [-0.2, 0) is 9.59 Å². The van der Waals surface area contributed by atoms with E-state index in [-0.39, 0.29) is 16.9 Å². The molecule has 0 saturated carbocycles. The molecule has 2 aromatic carbocycles. The molecule has 1 atom stereocenters. The van der Waals surface area contributed by atoms with Gasteiger partial charge in [0.25, 0.3) is 11.7 Å². The normalized spacial score (nSPS) is 17.5. The first-order chi connectivity index (χ1) is 15.5. The van der Waals surface area contributed by atoms with Gasteiger partial charge >= 0.3 is 0 Å². The van der Waals surface area contributed by atoms with E-state index in [1.165, 1.54) is 30.5 Å². The number of hydrogen-bond acceptors (Lipinski definition) is 7. The van der Waals surface area contributed by atoms with Crippen LogP contribution in [0.3, 0.4) is 0 Å². The summed E-state index contributed by atoms with van der Waals surface area (Å²) in [6.45, 7) is 0. The fraction of sp³-hybridized carbons (Fsp3) is 0.167. The molecule has 32 heavy (non-hydrogen) atoms. The van der Waals surface area contributed by atoms with E-state index < -0.39 is 17.7 Å². The molecule has 1 N–H and O–H groups in total. The number of thiophene rings is 1. The summed E-state index contributed by atoms with van der Waals surface area (Å²) >= 11 is 1.39. The Labute approximate surface area is 189 Å². The summed E-state index contributed by atoms with van der Waals surface area (Å²) in [7, 11) is 4.51. The van der Waals surface area contributed by atoms with Gasteiger partial charge in [-0.1, -0.05) is 6.07 Å². The number of ketones is 1. The second-order valence-corrected chi connectivity index (χ2v) is 7.93. The number of carbonyl (C=O) groups is 2. The van der Waals surface area contributed by atoms with Gasteiger partial charge in [-0.2, -0.15) is 0 Å². The van der Waals surface area contributed by atoms with Gasteiger partial charge < -0.3 is 19.3 Å². The summed E-state index contributed by atoms with van der Waals surface area (Å²) in [5, 5.41) is 13.1. The van der Waals surface area contributed by atoms with Crippen LogP contribution in [0.15, 0.2) is 65.6 Å². The molecular weight excluding hydrogens is 430 g/mol. The Morgan fingerprint density at radius 3 is 2.22 bits per heavy atom. The number of Topliss-reactive ketones (excluding diaryl/α,β-unsaturated/α-hetero) is 1. The molecule has 1 aliphatic heterocycles. The molecule has 1 fully saturated rings. The topological polar surface area (TPSA) is 85.3 Å². The van der Waals surface area contributed by atoms with Crippen LogP contribution in [0, 0.1) is 0 Å². The Morgan fingerprint density at radius 2 is 1.62 bits per heavy atom. The third kappa shape index (κ3) is 3.58. The lowest BCUT2D eigenvalue weighted by atomic mass is 9.99. The van der Waals surface area contributed by atoms with E-state index in [4.69, 9.17) is 14.2 Å². The number of aliphatic hydroxyl groups excluding tert-OH is 1. The third-order valence-electron chi connectivity index (χ3n) is 5.27. The predicted molar refractivity (Wildman–Crippen MR) is 122 cm³/mol. The lowest BCUT2D eigenvalue weighted by Crippen LogP contribution is -2.29. The van der Waals surface area contributed by atoms with Crippen molar-refractivity contribution in [1.82, 2.24) is 0 Å². The van der Waals surface area contributed by atoms with Gasteiger partial charge in [0, 0.05) is 10.6 Å². The van der Waals surface area contributed by atoms with Crippen molar-refractivity contribution >= 4 is 34.5 Å². The van der Waals surface area contributed by atoms with Gasteiger partial charge in [-0.3, -0.25) is 14.5 Å². The standard InChI is InChI=1S/C24H21NO6S/c1-29-15-8-6-14(7-9-15)25-21(19-5-4-12-32-19)20(23(27)24(25)28)22(26)17-13-16(30-2)10-11-18(17)31-3/h4-13,21,26H,1-3H3/b22-20-. The van der Waals surface area contributed by atoms with Crippen molar-refractivity contribution in [1.29, 1.82) is 0 Å². The number of nitrogens with zero attached hydrogens (tertiary/aromatic N) is 1. The summed E-state index contributed by atoms with van der Waals surface area (Å²) in [6, 6.07) is 14.6. The van der Waals surface area contributed by atoms with Crippen LogP contribution in [0.4, 0.5) is 5.69 Å². The molecule has 0 radical (unpaired) electrons. The average Bonchev–Trinajstić information content (AvgIpc) is 3.45. The van der Waals surface area contributed by atoms with Gasteiger partial charge in [-0.05, 0) is 53.9 Å². The zero-order valence-electron chi connectivity index (χ0n) is 17.7. The van der Waals surface area contributed by atoms with Crippen LogP contribution in [0.1, 0.15) is 16.5 Å². The summed E-state index contributed by atoms with van der Waals surface area (Å²) in [5.74, 6) is -0.375. The maximum Gasteiger partial charge on any atom is 0.300 e. The first kappa shape index (κ1) is 21.5. The molecule has 1 aliphatic rings. The van der Waals surface area contributed by atoms with Crippen LogP contribution in [0.25, 0.3) is 5.76 Å². The molecule has 1 saturated heterocycles. The van der Waals surface area contributed by atoms with Gasteiger partial charge in [0.05, 0.1) is 32.5 Å². The highest BCUT2D eigenvalue weighted by atomic mass is 32.1. The Kier molecular flexibility index (Phi) is 5.87.